The van der Waals surface area contributed by atoms with Crippen LogP contribution in [0.4, 0.5) is 10.1 Å². The highest BCUT2D eigenvalue weighted by Gasteiger charge is 2.16. The van der Waals surface area contributed by atoms with Gasteiger partial charge >= 0.3 is 0 Å². The Morgan fingerprint density at radius 1 is 1.21 bits per heavy atom. The topological polar surface area (TPSA) is 43.1 Å². The van der Waals surface area contributed by atoms with Crippen LogP contribution < -0.4 is 5.73 Å². The van der Waals surface area contributed by atoms with Crippen molar-refractivity contribution in [2.75, 3.05) is 5.73 Å². The fourth-order valence-electron chi connectivity index (χ4n) is 2.01. The lowest BCUT2D eigenvalue weighted by atomic mass is 9.99. The number of halogens is 1. The van der Waals surface area contributed by atoms with Crippen molar-refractivity contribution in [1.29, 1.82) is 0 Å². The molecule has 0 radical (unpaired) electrons. The lowest BCUT2D eigenvalue weighted by Crippen LogP contribution is -2.07. The molecule has 0 unspecified atom stereocenters. The van der Waals surface area contributed by atoms with E-state index in [0.29, 0.717) is 16.8 Å². The van der Waals surface area contributed by atoms with Crippen LogP contribution in [0.2, 0.25) is 0 Å². The zero-order chi connectivity index (χ0) is 14.0. The number of benzene rings is 2. The van der Waals surface area contributed by atoms with Crippen molar-refractivity contribution in [3.05, 3.63) is 64.5 Å². The van der Waals surface area contributed by atoms with Gasteiger partial charge in [0.2, 0.25) is 0 Å². The van der Waals surface area contributed by atoms with Gasteiger partial charge in [-0.1, -0.05) is 31.2 Å². The number of hydrogen-bond donors (Lipinski definition) is 1. The van der Waals surface area contributed by atoms with Gasteiger partial charge in [0.05, 0.1) is 5.56 Å². The second-order valence-corrected chi connectivity index (χ2v) is 4.58. The quantitative estimate of drug-likeness (QED) is 0.675. The number of nitrogens with two attached hydrogens (primary N) is 1. The summed E-state index contributed by atoms with van der Waals surface area (Å²) in [5, 5.41) is 0. The summed E-state index contributed by atoms with van der Waals surface area (Å²) in [6, 6.07) is 10.1. The molecular weight excluding hydrogens is 241 g/mol. The van der Waals surface area contributed by atoms with Crippen LogP contribution in [-0.2, 0) is 6.42 Å². The molecule has 0 fully saturated rings. The largest absolute Gasteiger partial charge is 0.399 e. The van der Waals surface area contributed by atoms with Crippen LogP contribution in [0.5, 0.6) is 0 Å². The average Bonchev–Trinajstić information content (AvgIpc) is 2.42. The summed E-state index contributed by atoms with van der Waals surface area (Å²) >= 11 is 0. The Morgan fingerprint density at radius 3 is 2.42 bits per heavy atom. The van der Waals surface area contributed by atoms with Crippen molar-refractivity contribution >= 4 is 11.5 Å². The Hall–Kier alpha value is -2.16. The first kappa shape index (κ1) is 13.3. The Labute approximate surface area is 112 Å². The van der Waals surface area contributed by atoms with E-state index in [-0.39, 0.29) is 11.3 Å². The summed E-state index contributed by atoms with van der Waals surface area (Å²) in [6.07, 6.45) is 0.903. The normalized spacial score (nSPS) is 10.5. The third-order valence-corrected chi connectivity index (χ3v) is 3.15. The number of hydrogen-bond acceptors (Lipinski definition) is 2. The summed E-state index contributed by atoms with van der Waals surface area (Å²) in [5.41, 5.74) is 8.09. The van der Waals surface area contributed by atoms with Gasteiger partial charge in [-0.25, -0.2) is 4.39 Å². The second kappa shape index (κ2) is 5.22. The molecule has 0 saturated heterocycles. The van der Waals surface area contributed by atoms with E-state index in [1.807, 2.05) is 19.1 Å². The maximum absolute atomic E-state index is 14.0. The molecule has 0 spiro atoms. The SMILES string of the molecule is CCc1ccc(C(=O)c2cc(N)cc(C)c2F)cc1. The van der Waals surface area contributed by atoms with Crippen LogP contribution >= 0.6 is 0 Å². The molecule has 0 aliphatic carbocycles. The first-order valence-corrected chi connectivity index (χ1v) is 6.22. The molecular formula is C16H16FNO. The molecule has 19 heavy (non-hydrogen) atoms. The molecule has 2 rings (SSSR count). The van der Waals surface area contributed by atoms with E-state index in [1.165, 1.54) is 12.1 Å². The van der Waals surface area contributed by atoms with E-state index >= 15 is 0 Å². The first-order valence-electron chi connectivity index (χ1n) is 6.22. The standard InChI is InChI=1S/C16H16FNO/c1-3-11-4-6-12(7-5-11)16(19)14-9-13(18)8-10(2)15(14)17/h4-9H,3,18H2,1-2H3. The number of nitrogen functional groups attached to an aromatic ring is 1. The Kier molecular flexibility index (Phi) is 3.65. The van der Waals surface area contributed by atoms with Crippen LogP contribution in [-0.4, -0.2) is 5.78 Å². The molecule has 0 aromatic heterocycles. The molecule has 98 valence electrons. The maximum atomic E-state index is 14.0. The van der Waals surface area contributed by atoms with Gasteiger partial charge in [0.25, 0.3) is 0 Å². The van der Waals surface area contributed by atoms with E-state index < -0.39 is 5.82 Å². The highest BCUT2D eigenvalue weighted by Crippen LogP contribution is 2.20. The van der Waals surface area contributed by atoms with Crippen LogP contribution in [0, 0.1) is 12.7 Å². The monoisotopic (exact) mass is 257 g/mol. The van der Waals surface area contributed by atoms with Crippen molar-refractivity contribution in [3.8, 4) is 0 Å². The predicted molar refractivity (Wildman–Crippen MR) is 74.8 cm³/mol. The Balaban J connectivity index is 2.43. The molecule has 2 N–H and O–H groups in total. The van der Waals surface area contributed by atoms with Gasteiger partial charge in [-0.3, -0.25) is 4.79 Å². The van der Waals surface area contributed by atoms with Crippen molar-refractivity contribution in [1.82, 2.24) is 0 Å². The Morgan fingerprint density at radius 2 is 1.84 bits per heavy atom. The third-order valence-electron chi connectivity index (χ3n) is 3.15. The smallest absolute Gasteiger partial charge is 0.196 e. The average molecular weight is 257 g/mol. The van der Waals surface area contributed by atoms with Gasteiger partial charge in [-0.2, -0.15) is 0 Å². The molecule has 0 amide bonds. The van der Waals surface area contributed by atoms with E-state index in [9.17, 15) is 9.18 Å². The minimum absolute atomic E-state index is 0.0294. The zero-order valence-corrected chi connectivity index (χ0v) is 11.0. The number of ketones is 1. The summed E-state index contributed by atoms with van der Waals surface area (Å²) in [6.45, 7) is 3.64. The molecule has 3 heteroatoms. The van der Waals surface area contributed by atoms with Gasteiger partial charge in [0, 0.05) is 11.3 Å². The number of aryl methyl sites for hydroxylation is 2. The van der Waals surface area contributed by atoms with Crippen molar-refractivity contribution in [3.63, 3.8) is 0 Å². The van der Waals surface area contributed by atoms with E-state index in [1.54, 1.807) is 19.1 Å². The van der Waals surface area contributed by atoms with Crippen LogP contribution in [0.15, 0.2) is 36.4 Å². The van der Waals surface area contributed by atoms with Gasteiger partial charge in [0.15, 0.2) is 5.78 Å². The Bertz CT molecular complexity index is 617. The summed E-state index contributed by atoms with van der Waals surface area (Å²) in [7, 11) is 0. The highest BCUT2D eigenvalue weighted by molar-refractivity contribution is 6.09. The molecule has 0 bridgehead atoms. The zero-order valence-electron chi connectivity index (χ0n) is 11.0. The van der Waals surface area contributed by atoms with E-state index in [0.717, 1.165) is 12.0 Å². The molecule has 0 saturated carbocycles. The lowest BCUT2D eigenvalue weighted by molar-refractivity contribution is 0.103. The predicted octanol–water partition coefficient (Wildman–Crippen LogP) is 3.51. The molecule has 0 atom stereocenters. The van der Waals surface area contributed by atoms with Crippen LogP contribution in [0.1, 0.15) is 34.0 Å². The fraction of sp³-hybridized carbons (Fsp3) is 0.188. The summed E-state index contributed by atoms with van der Waals surface area (Å²) in [5.74, 6) is -0.839. The van der Waals surface area contributed by atoms with Crippen LogP contribution in [0.25, 0.3) is 0 Å². The second-order valence-electron chi connectivity index (χ2n) is 4.58. The molecule has 0 aliphatic rings. The maximum Gasteiger partial charge on any atom is 0.196 e. The minimum Gasteiger partial charge on any atom is -0.399 e. The summed E-state index contributed by atoms with van der Waals surface area (Å²) < 4.78 is 14.0. The van der Waals surface area contributed by atoms with Crippen molar-refractivity contribution < 1.29 is 9.18 Å². The summed E-state index contributed by atoms with van der Waals surface area (Å²) in [4.78, 5) is 12.3. The van der Waals surface area contributed by atoms with Gasteiger partial charge < -0.3 is 5.73 Å². The molecule has 2 aromatic rings. The van der Waals surface area contributed by atoms with Crippen molar-refractivity contribution in [2.45, 2.75) is 20.3 Å². The third kappa shape index (κ3) is 2.65. The van der Waals surface area contributed by atoms with E-state index in [2.05, 4.69) is 0 Å². The lowest BCUT2D eigenvalue weighted by Gasteiger charge is -2.07. The van der Waals surface area contributed by atoms with Crippen LogP contribution in [0.3, 0.4) is 0 Å². The number of anilines is 1. The van der Waals surface area contributed by atoms with Crippen molar-refractivity contribution in [2.24, 2.45) is 0 Å². The van der Waals surface area contributed by atoms with Gasteiger partial charge in [-0.05, 0) is 36.6 Å². The number of carbonyl (C=O) groups is 1. The molecule has 2 aromatic carbocycles. The molecule has 0 heterocycles. The molecule has 2 nitrogen and oxygen atoms in total. The number of rotatable bonds is 3. The van der Waals surface area contributed by atoms with Gasteiger partial charge in [-0.15, -0.1) is 0 Å². The first-order chi connectivity index (χ1) is 9.02. The fourth-order valence-corrected chi connectivity index (χ4v) is 2.01. The molecule has 0 aliphatic heterocycles. The van der Waals surface area contributed by atoms with E-state index in [4.69, 9.17) is 5.73 Å². The minimum atomic E-state index is -0.501. The van der Waals surface area contributed by atoms with Gasteiger partial charge in [0.1, 0.15) is 5.82 Å². The number of carbonyl (C=O) groups excluding carboxylic acids is 1. The highest BCUT2D eigenvalue weighted by atomic mass is 19.1.